The van der Waals surface area contributed by atoms with Gasteiger partial charge in [0, 0.05) is 22.0 Å². The molecule has 0 fully saturated rings. The Labute approximate surface area is 206 Å². The summed E-state index contributed by atoms with van der Waals surface area (Å²) in [4.78, 5) is 28.0. The molecule has 34 heavy (non-hydrogen) atoms. The molecule has 0 heterocycles. The first-order valence-corrected chi connectivity index (χ1v) is 12.5. The van der Waals surface area contributed by atoms with Crippen LogP contribution in [0.25, 0.3) is 0 Å². The van der Waals surface area contributed by atoms with E-state index in [0.717, 1.165) is 45.9 Å². The maximum absolute atomic E-state index is 13.2. The number of carboxylic acid groups (broad SMARTS) is 1. The molecule has 3 rings (SSSR count). The Morgan fingerprint density at radius 1 is 0.912 bits per heavy atom. The predicted molar refractivity (Wildman–Crippen MR) is 138 cm³/mol. The molecule has 0 saturated carbocycles. The van der Waals surface area contributed by atoms with E-state index in [-0.39, 0.29) is 18.5 Å². The third kappa shape index (κ3) is 7.66. The van der Waals surface area contributed by atoms with Gasteiger partial charge in [0.1, 0.15) is 0 Å². The van der Waals surface area contributed by atoms with Gasteiger partial charge in [0.15, 0.2) is 0 Å². The lowest BCUT2D eigenvalue weighted by Gasteiger charge is -2.30. The quantitative estimate of drug-likeness (QED) is 0.286. The van der Waals surface area contributed by atoms with E-state index in [9.17, 15) is 9.59 Å². The molecule has 1 atom stereocenters. The molecule has 178 valence electrons. The molecule has 5 nitrogen and oxygen atoms in total. The number of unbranched alkanes of at least 4 members (excludes halogenated alkanes) is 2. The molecule has 0 spiro atoms. The number of urea groups is 1. The molecule has 0 aliphatic heterocycles. The number of carbonyl (C=O) groups is 2. The molecule has 0 bridgehead atoms. The van der Waals surface area contributed by atoms with Gasteiger partial charge in [-0.1, -0.05) is 74.0 Å². The number of carbonyl (C=O) groups excluding carboxylic acids is 1. The Morgan fingerprint density at radius 2 is 1.53 bits per heavy atom. The van der Waals surface area contributed by atoms with Gasteiger partial charge in [-0.2, -0.15) is 0 Å². The fourth-order valence-corrected chi connectivity index (χ4v) is 4.52. The topological polar surface area (TPSA) is 69.6 Å². The summed E-state index contributed by atoms with van der Waals surface area (Å²) in [6.45, 7) is 4.94. The zero-order valence-corrected chi connectivity index (χ0v) is 20.6. The first kappa shape index (κ1) is 25.4. The summed E-state index contributed by atoms with van der Waals surface area (Å²) in [6.07, 6.45) is 3.20. The minimum Gasteiger partial charge on any atom is -0.481 e. The van der Waals surface area contributed by atoms with E-state index in [1.165, 1.54) is 0 Å². The van der Waals surface area contributed by atoms with E-state index >= 15 is 0 Å². The summed E-state index contributed by atoms with van der Waals surface area (Å²) in [5.41, 5.74) is 2.66. The van der Waals surface area contributed by atoms with Gasteiger partial charge < -0.3 is 15.3 Å². The molecular weight excluding hydrogens is 444 g/mol. The monoisotopic (exact) mass is 476 g/mol. The molecule has 0 saturated heterocycles. The highest BCUT2D eigenvalue weighted by molar-refractivity contribution is 7.99. The number of hydrogen-bond acceptors (Lipinski definition) is 3. The predicted octanol–water partition coefficient (Wildman–Crippen LogP) is 7.25. The van der Waals surface area contributed by atoms with Crippen LogP contribution in [0.2, 0.25) is 0 Å². The molecule has 2 amide bonds. The highest BCUT2D eigenvalue weighted by atomic mass is 32.2. The smallest absolute Gasteiger partial charge is 0.322 e. The number of amides is 2. The van der Waals surface area contributed by atoms with Crippen molar-refractivity contribution in [3.8, 4) is 0 Å². The van der Waals surface area contributed by atoms with Crippen LogP contribution in [0, 0.1) is 0 Å². The SMILES string of the molecule is CCCCCN(C(=O)Nc1ccc(Sc2ccc(CC(=O)O)cc2)cc1)C(C)c1ccccc1. The zero-order valence-electron chi connectivity index (χ0n) is 19.7. The number of nitrogens with zero attached hydrogens (tertiary/aromatic N) is 1. The van der Waals surface area contributed by atoms with Crippen LogP contribution >= 0.6 is 11.8 Å². The highest BCUT2D eigenvalue weighted by Crippen LogP contribution is 2.29. The van der Waals surface area contributed by atoms with Gasteiger partial charge in [-0.15, -0.1) is 0 Å². The van der Waals surface area contributed by atoms with Crippen molar-refractivity contribution in [1.29, 1.82) is 0 Å². The van der Waals surface area contributed by atoms with Crippen LogP contribution < -0.4 is 5.32 Å². The van der Waals surface area contributed by atoms with E-state index in [1.807, 2.05) is 71.6 Å². The molecular formula is C28H32N2O3S. The second-order valence-electron chi connectivity index (χ2n) is 8.26. The summed E-state index contributed by atoms with van der Waals surface area (Å²) < 4.78 is 0. The lowest BCUT2D eigenvalue weighted by Crippen LogP contribution is -2.37. The van der Waals surface area contributed by atoms with Crippen molar-refractivity contribution in [2.45, 2.75) is 55.4 Å². The van der Waals surface area contributed by atoms with Gasteiger partial charge in [0.05, 0.1) is 12.5 Å². The van der Waals surface area contributed by atoms with Gasteiger partial charge in [-0.25, -0.2) is 4.79 Å². The molecule has 0 aliphatic carbocycles. The Morgan fingerprint density at radius 3 is 2.12 bits per heavy atom. The second kappa shape index (κ2) is 12.8. The van der Waals surface area contributed by atoms with E-state index in [2.05, 4.69) is 31.3 Å². The Balaban J connectivity index is 1.63. The lowest BCUT2D eigenvalue weighted by molar-refractivity contribution is -0.136. The van der Waals surface area contributed by atoms with Gasteiger partial charge in [0.2, 0.25) is 0 Å². The number of benzene rings is 3. The van der Waals surface area contributed by atoms with Crippen molar-refractivity contribution in [3.05, 3.63) is 90.0 Å². The lowest BCUT2D eigenvalue weighted by atomic mass is 10.1. The minimum absolute atomic E-state index is 0.0167. The van der Waals surface area contributed by atoms with Crippen molar-refractivity contribution < 1.29 is 14.7 Å². The fourth-order valence-electron chi connectivity index (χ4n) is 3.70. The van der Waals surface area contributed by atoms with E-state index in [4.69, 9.17) is 5.11 Å². The van der Waals surface area contributed by atoms with Crippen LogP contribution in [0.1, 0.15) is 50.3 Å². The van der Waals surface area contributed by atoms with Crippen molar-refractivity contribution in [2.24, 2.45) is 0 Å². The van der Waals surface area contributed by atoms with Crippen molar-refractivity contribution in [2.75, 3.05) is 11.9 Å². The number of hydrogen-bond donors (Lipinski definition) is 2. The first-order chi connectivity index (χ1) is 16.5. The minimum atomic E-state index is -0.833. The summed E-state index contributed by atoms with van der Waals surface area (Å²) >= 11 is 1.59. The number of anilines is 1. The van der Waals surface area contributed by atoms with Crippen molar-refractivity contribution >= 4 is 29.4 Å². The normalized spacial score (nSPS) is 11.6. The Bertz CT molecular complexity index is 1050. The second-order valence-corrected chi connectivity index (χ2v) is 9.41. The highest BCUT2D eigenvalue weighted by Gasteiger charge is 2.21. The van der Waals surface area contributed by atoms with Crippen LogP contribution in [0.5, 0.6) is 0 Å². The maximum atomic E-state index is 13.2. The van der Waals surface area contributed by atoms with Crippen molar-refractivity contribution in [3.63, 3.8) is 0 Å². The third-order valence-corrected chi connectivity index (χ3v) is 6.65. The van der Waals surface area contributed by atoms with E-state index in [1.54, 1.807) is 11.8 Å². The number of carboxylic acids is 1. The summed E-state index contributed by atoms with van der Waals surface area (Å²) in [5, 5.41) is 12.0. The van der Waals surface area contributed by atoms with Crippen molar-refractivity contribution in [1.82, 2.24) is 4.90 Å². The summed E-state index contributed by atoms with van der Waals surface area (Å²) in [7, 11) is 0. The van der Waals surface area contributed by atoms with Crippen LogP contribution in [0.15, 0.2) is 88.7 Å². The number of rotatable bonds is 11. The van der Waals surface area contributed by atoms with E-state index < -0.39 is 5.97 Å². The van der Waals surface area contributed by atoms with Gasteiger partial charge in [-0.05, 0) is 60.9 Å². The van der Waals surface area contributed by atoms with Gasteiger partial charge >= 0.3 is 12.0 Å². The zero-order chi connectivity index (χ0) is 24.3. The molecule has 2 N–H and O–H groups in total. The molecule has 3 aromatic rings. The molecule has 0 radical (unpaired) electrons. The maximum Gasteiger partial charge on any atom is 0.322 e. The molecule has 0 aliphatic rings. The summed E-state index contributed by atoms with van der Waals surface area (Å²) in [6, 6.07) is 25.3. The number of nitrogens with one attached hydrogen (secondary N) is 1. The molecule has 1 unspecified atom stereocenters. The van der Waals surface area contributed by atoms with E-state index in [0.29, 0.717) is 6.54 Å². The molecule has 3 aromatic carbocycles. The standard InChI is InChI=1S/C28H32N2O3S/c1-3-4-8-19-30(21(2)23-9-6-5-7-10-23)28(33)29-24-13-17-26(18-14-24)34-25-15-11-22(12-16-25)20-27(31)32/h5-7,9-18,21H,3-4,8,19-20H2,1-2H3,(H,29,33)(H,31,32). The van der Waals surface area contributed by atoms with Crippen LogP contribution in [0.4, 0.5) is 10.5 Å². The average Bonchev–Trinajstić information content (AvgIpc) is 2.84. The van der Waals surface area contributed by atoms with Crippen LogP contribution in [0.3, 0.4) is 0 Å². The molecule has 0 aromatic heterocycles. The average molecular weight is 477 g/mol. The molecule has 6 heteroatoms. The Kier molecular flexibility index (Phi) is 9.59. The first-order valence-electron chi connectivity index (χ1n) is 11.7. The summed E-state index contributed by atoms with van der Waals surface area (Å²) in [5.74, 6) is -0.833. The van der Waals surface area contributed by atoms with Crippen LogP contribution in [-0.2, 0) is 11.2 Å². The third-order valence-electron chi connectivity index (χ3n) is 5.63. The van der Waals surface area contributed by atoms with Crippen LogP contribution in [-0.4, -0.2) is 28.6 Å². The Hall–Kier alpha value is -3.25. The largest absolute Gasteiger partial charge is 0.481 e. The van der Waals surface area contributed by atoms with Gasteiger partial charge in [0.25, 0.3) is 0 Å². The van der Waals surface area contributed by atoms with Gasteiger partial charge in [-0.3, -0.25) is 4.79 Å². The fraction of sp³-hybridized carbons (Fsp3) is 0.286. The number of aliphatic carboxylic acids is 1.